The second kappa shape index (κ2) is 24.3. The number of rotatable bonds is 26. The average molecular weight is 838 g/mol. The van der Waals surface area contributed by atoms with Crippen LogP contribution in [0.3, 0.4) is 0 Å². The van der Waals surface area contributed by atoms with Crippen LogP contribution in [0.4, 0.5) is 0 Å². The summed E-state index contributed by atoms with van der Waals surface area (Å²) in [5.74, 6) is -6.76. The fourth-order valence-electron chi connectivity index (χ4n) is 4.60. The SMILES string of the molecule is CSCC[C@H](NC(=O)[C@H](Cc1ccc(OP(=O)(O)O)cc1)NC(=O)[C@@H](N)CC(=O)O)C(=O)N[C@@H](CC(N)=O)C(=O)N[C@@H](CCSC)C(=O)N[C@H](C=O)[C@@H](C)O. The minimum Gasteiger partial charge on any atom is -0.481 e. The number of phosphoric ester groups is 1. The zero-order chi connectivity index (χ0) is 41.9. The van der Waals surface area contributed by atoms with Crippen LogP contribution >= 0.6 is 31.3 Å². The number of aldehydes is 1. The van der Waals surface area contributed by atoms with E-state index < -0.39 is 104 Å². The van der Waals surface area contributed by atoms with Gasteiger partial charge in [0, 0.05) is 6.42 Å². The van der Waals surface area contributed by atoms with Crippen molar-refractivity contribution in [2.45, 2.75) is 81.4 Å². The summed E-state index contributed by atoms with van der Waals surface area (Å²) in [6.07, 6.45) is 0.712. The number of hydrogen-bond donors (Lipinski definition) is 11. The van der Waals surface area contributed by atoms with E-state index in [1.807, 2.05) is 0 Å². The number of carboxylic acid groups (broad SMARTS) is 1. The van der Waals surface area contributed by atoms with Gasteiger partial charge in [0.2, 0.25) is 35.4 Å². The molecule has 0 radical (unpaired) electrons. The van der Waals surface area contributed by atoms with Crippen LogP contribution in [0.15, 0.2) is 24.3 Å². The summed E-state index contributed by atoms with van der Waals surface area (Å²) in [5, 5.41) is 30.8. The molecule has 6 amide bonds. The Kier molecular flexibility index (Phi) is 21.5. The molecule has 0 aliphatic heterocycles. The van der Waals surface area contributed by atoms with Gasteiger partial charge in [-0.1, -0.05) is 12.1 Å². The molecule has 1 aromatic rings. The van der Waals surface area contributed by atoms with Gasteiger partial charge in [-0.3, -0.25) is 43.3 Å². The van der Waals surface area contributed by atoms with Gasteiger partial charge in [-0.05, 0) is 61.5 Å². The van der Waals surface area contributed by atoms with Crippen LogP contribution in [0.2, 0.25) is 0 Å². The maximum atomic E-state index is 13.7. The molecule has 1 aromatic carbocycles. The molecule has 1 rings (SSSR count). The number of carbonyl (C=O) groups is 8. The predicted octanol–water partition coefficient (Wildman–Crippen LogP) is -3.11. The second-order valence-electron chi connectivity index (χ2n) is 12.0. The van der Waals surface area contributed by atoms with Gasteiger partial charge in [0.15, 0.2) is 0 Å². The van der Waals surface area contributed by atoms with Crippen molar-refractivity contribution in [2.24, 2.45) is 11.5 Å². The standard InChI is InChI=1S/C31H48N7O14PS2/c1-16(40)24(15-39)38-29(46)21(9-11-55-3)35-31(48)23(14-25(33)41)37-28(45)20(8-10-54-2)34-30(47)22(36-27(44)19(32)13-26(42)43)12-17-4-6-18(7-5-17)52-53(49,50)51/h4-7,15-16,19-24,40H,8-14,32H2,1-3H3,(H2,33,41)(H,34,47)(H,35,48)(H,36,44)(H,37,45)(H,38,46)(H,42,43)(H2,49,50,51)/t16-,19+,20+,21+,22+,23+,24-/m1/s1. The molecule has 0 bridgehead atoms. The van der Waals surface area contributed by atoms with Gasteiger partial charge in [0.05, 0.1) is 25.0 Å². The third kappa shape index (κ3) is 19.3. The number of hydrogen-bond acceptors (Lipinski definition) is 14. The Balaban J connectivity index is 3.37. The lowest BCUT2D eigenvalue weighted by molar-refractivity contribution is -0.140. The monoisotopic (exact) mass is 837 g/mol. The Morgan fingerprint density at radius 3 is 1.67 bits per heavy atom. The predicted molar refractivity (Wildman–Crippen MR) is 200 cm³/mol. The molecule has 0 aliphatic carbocycles. The number of nitrogens with one attached hydrogen (secondary N) is 5. The van der Waals surface area contributed by atoms with E-state index in [1.54, 1.807) is 12.5 Å². The Morgan fingerprint density at radius 1 is 0.782 bits per heavy atom. The molecule has 13 N–H and O–H groups in total. The van der Waals surface area contributed by atoms with Crippen LogP contribution in [0.25, 0.3) is 0 Å². The number of primary amides is 1. The summed E-state index contributed by atoms with van der Waals surface area (Å²) in [5.41, 5.74) is 11.4. The van der Waals surface area contributed by atoms with Crippen LogP contribution in [-0.4, -0.2) is 134 Å². The number of aliphatic hydroxyl groups is 1. The Bertz CT molecular complexity index is 1550. The van der Waals surface area contributed by atoms with E-state index in [2.05, 4.69) is 31.1 Å². The highest BCUT2D eigenvalue weighted by molar-refractivity contribution is 7.98. The van der Waals surface area contributed by atoms with E-state index in [-0.39, 0.29) is 30.8 Å². The number of phosphoric acid groups is 1. The molecule has 0 heterocycles. The highest BCUT2D eigenvalue weighted by Crippen LogP contribution is 2.37. The molecule has 0 aliphatic rings. The van der Waals surface area contributed by atoms with Crippen LogP contribution in [0.5, 0.6) is 5.75 Å². The lowest BCUT2D eigenvalue weighted by atomic mass is 10.0. The van der Waals surface area contributed by atoms with E-state index in [1.165, 1.54) is 54.7 Å². The minimum atomic E-state index is -4.89. The first-order chi connectivity index (χ1) is 25.7. The number of amides is 6. The van der Waals surface area contributed by atoms with Gasteiger partial charge >= 0.3 is 13.8 Å². The normalized spacial score (nSPS) is 15.0. The molecular weight excluding hydrogens is 789 g/mol. The number of benzene rings is 1. The highest BCUT2D eigenvalue weighted by Gasteiger charge is 2.33. The molecule has 0 saturated carbocycles. The first-order valence-electron chi connectivity index (χ1n) is 16.4. The van der Waals surface area contributed by atoms with Crippen molar-refractivity contribution in [2.75, 3.05) is 24.0 Å². The first kappa shape index (κ1) is 48.8. The highest BCUT2D eigenvalue weighted by atomic mass is 32.2. The number of nitrogens with two attached hydrogens (primary N) is 2. The molecule has 0 spiro atoms. The maximum absolute atomic E-state index is 13.7. The van der Waals surface area contributed by atoms with E-state index in [9.17, 15) is 48.0 Å². The molecule has 308 valence electrons. The Morgan fingerprint density at radius 2 is 1.24 bits per heavy atom. The van der Waals surface area contributed by atoms with Gasteiger partial charge in [0.1, 0.15) is 42.2 Å². The largest absolute Gasteiger partial charge is 0.524 e. The molecule has 7 atom stereocenters. The number of thioether (sulfide) groups is 2. The Labute approximate surface area is 324 Å². The van der Waals surface area contributed by atoms with Gasteiger partial charge in [-0.15, -0.1) is 0 Å². The zero-order valence-corrected chi connectivity index (χ0v) is 32.7. The van der Waals surface area contributed by atoms with Crippen LogP contribution < -0.4 is 42.6 Å². The van der Waals surface area contributed by atoms with E-state index in [4.69, 9.17) is 26.4 Å². The molecule has 21 nitrogen and oxygen atoms in total. The van der Waals surface area contributed by atoms with Crippen molar-refractivity contribution in [3.8, 4) is 5.75 Å². The molecular formula is C31H48N7O14PS2. The summed E-state index contributed by atoms with van der Waals surface area (Å²) in [6, 6.07) is -3.65. The molecule has 24 heteroatoms. The van der Waals surface area contributed by atoms with Crippen molar-refractivity contribution in [3.05, 3.63) is 29.8 Å². The number of carbonyl (C=O) groups excluding carboxylic acids is 7. The summed E-state index contributed by atoms with van der Waals surface area (Å²) < 4.78 is 15.7. The summed E-state index contributed by atoms with van der Waals surface area (Å²) in [4.78, 5) is 119. The number of aliphatic hydroxyl groups excluding tert-OH is 1. The van der Waals surface area contributed by atoms with Crippen molar-refractivity contribution < 1.29 is 67.4 Å². The molecule has 0 fully saturated rings. The van der Waals surface area contributed by atoms with Crippen LogP contribution in [-0.2, 0) is 49.3 Å². The average Bonchev–Trinajstić information content (AvgIpc) is 3.09. The van der Waals surface area contributed by atoms with E-state index >= 15 is 0 Å². The number of aliphatic carboxylic acids is 1. The smallest absolute Gasteiger partial charge is 0.481 e. The summed E-state index contributed by atoms with van der Waals surface area (Å²) in [7, 11) is -4.89. The molecule has 0 aromatic heterocycles. The van der Waals surface area contributed by atoms with Crippen LogP contribution in [0.1, 0.15) is 38.2 Å². The number of carboxylic acids is 1. The van der Waals surface area contributed by atoms with E-state index in [0.29, 0.717) is 17.6 Å². The lowest BCUT2D eigenvalue weighted by Gasteiger charge is -2.27. The topological polar surface area (TPSA) is 356 Å². The minimum absolute atomic E-state index is 0.0392. The first-order valence-corrected chi connectivity index (χ1v) is 20.8. The molecule has 0 saturated heterocycles. The third-order valence-electron chi connectivity index (χ3n) is 7.45. The third-order valence-corrected chi connectivity index (χ3v) is 9.19. The maximum Gasteiger partial charge on any atom is 0.524 e. The molecule has 55 heavy (non-hydrogen) atoms. The van der Waals surface area contributed by atoms with E-state index in [0.717, 1.165) is 0 Å². The molecule has 0 unspecified atom stereocenters. The zero-order valence-electron chi connectivity index (χ0n) is 30.2. The van der Waals surface area contributed by atoms with Crippen molar-refractivity contribution >= 4 is 79.0 Å². The second-order valence-corrected chi connectivity index (χ2v) is 15.2. The summed E-state index contributed by atoms with van der Waals surface area (Å²) in [6.45, 7) is 1.27. The van der Waals surface area contributed by atoms with Gasteiger partial charge < -0.3 is 57.6 Å². The fourth-order valence-corrected chi connectivity index (χ4v) is 5.94. The van der Waals surface area contributed by atoms with Crippen molar-refractivity contribution in [1.82, 2.24) is 26.6 Å². The van der Waals surface area contributed by atoms with Crippen molar-refractivity contribution in [1.29, 1.82) is 0 Å². The fraction of sp³-hybridized carbons (Fsp3) is 0.548. The quantitative estimate of drug-likeness (QED) is 0.0325. The van der Waals surface area contributed by atoms with Gasteiger partial charge in [-0.2, -0.15) is 23.5 Å². The van der Waals surface area contributed by atoms with Crippen LogP contribution in [0, 0.1) is 0 Å². The van der Waals surface area contributed by atoms with Gasteiger partial charge in [-0.25, -0.2) is 4.57 Å². The Hall–Kier alpha value is -4.25. The van der Waals surface area contributed by atoms with Gasteiger partial charge in [0.25, 0.3) is 0 Å². The summed E-state index contributed by atoms with van der Waals surface area (Å²) >= 11 is 2.63. The lowest BCUT2D eigenvalue weighted by Crippen LogP contribution is -2.60. The van der Waals surface area contributed by atoms with Crippen molar-refractivity contribution in [3.63, 3.8) is 0 Å².